The molecule has 0 fully saturated rings. The molecular weight excluding hydrogens is 592 g/mol. The molecule has 7 rings (SSSR count). The molecule has 0 aliphatic carbocycles. The standard InChI is InChI=1S/C40H30O7/c1-2-37(41)46-25-45-31-19-15-27(16-20-31)26-11-13-30(14-12-26)40(42)47-32-23-43-35-21-17-28-7-3-5-9-33(28)38(35)39-34-10-6-4-8-29(34)18-22-36(39)44-24-32/h2-22,32H,1,23-25H2. The summed E-state index contributed by atoms with van der Waals surface area (Å²) in [7, 11) is 0. The van der Waals surface area contributed by atoms with E-state index >= 15 is 0 Å². The minimum atomic E-state index is -0.655. The van der Waals surface area contributed by atoms with Crippen LogP contribution in [0.5, 0.6) is 17.2 Å². The van der Waals surface area contributed by atoms with Crippen molar-refractivity contribution >= 4 is 33.5 Å². The molecule has 0 bridgehead atoms. The molecular formula is C40H30O7. The zero-order valence-corrected chi connectivity index (χ0v) is 25.4. The Labute approximate surface area is 271 Å². The van der Waals surface area contributed by atoms with E-state index in [4.69, 9.17) is 23.7 Å². The summed E-state index contributed by atoms with van der Waals surface area (Å²) < 4.78 is 29.0. The van der Waals surface area contributed by atoms with Crippen molar-refractivity contribution in [3.05, 3.63) is 140 Å². The average molecular weight is 623 g/mol. The molecule has 7 heteroatoms. The highest BCUT2D eigenvalue weighted by Crippen LogP contribution is 2.46. The molecule has 0 radical (unpaired) electrons. The summed E-state index contributed by atoms with van der Waals surface area (Å²) in [5.74, 6) is 0.932. The average Bonchev–Trinajstić information content (AvgIpc) is 3.20. The lowest BCUT2D eigenvalue weighted by Crippen LogP contribution is -2.31. The molecule has 47 heavy (non-hydrogen) atoms. The van der Waals surface area contributed by atoms with E-state index in [2.05, 4.69) is 30.8 Å². The highest BCUT2D eigenvalue weighted by atomic mass is 16.7. The third-order valence-corrected chi connectivity index (χ3v) is 8.06. The van der Waals surface area contributed by atoms with Gasteiger partial charge in [-0.25, -0.2) is 9.59 Å². The van der Waals surface area contributed by atoms with E-state index < -0.39 is 18.0 Å². The maximum atomic E-state index is 13.3. The van der Waals surface area contributed by atoms with Gasteiger partial charge in [-0.1, -0.05) is 91.5 Å². The molecule has 1 aliphatic rings. The SMILES string of the molecule is C=CC(=O)OCOc1ccc(-c2ccc(C(=O)OC3COc4ccc5ccccc5c4-c4c(ccc5ccccc45)OC3)cc2)cc1. The number of rotatable bonds is 7. The van der Waals surface area contributed by atoms with Crippen molar-refractivity contribution in [3.8, 4) is 39.5 Å². The number of hydrogen-bond donors (Lipinski definition) is 0. The maximum absolute atomic E-state index is 13.3. The topological polar surface area (TPSA) is 80.3 Å². The molecule has 1 heterocycles. The fourth-order valence-electron chi connectivity index (χ4n) is 5.72. The Hall–Kier alpha value is -6.08. The van der Waals surface area contributed by atoms with Gasteiger partial charge in [0.05, 0.1) is 5.56 Å². The first kappa shape index (κ1) is 29.6. The van der Waals surface area contributed by atoms with Crippen molar-refractivity contribution in [2.24, 2.45) is 0 Å². The molecule has 0 N–H and O–H groups in total. The smallest absolute Gasteiger partial charge is 0.338 e. The van der Waals surface area contributed by atoms with Gasteiger partial charge in [-0.15, -0.1) is 0 Å². The molecule has 0 atom stereocenters. The number of esters is 2. The molecule has 0 amide bonds. The van der Waals surface area contributed by atoms with E-state index in [-0.39, 0.29) is 20.0 Å². The van der Waals surface area contributed by atoms with Crippen LogP contribution in [0.3, 0.4) is 0 Å². The van der Waals surface area contributed by atoms with Crippen molar-refractivity contribution < 1.29 is 33.3 Å². The fourth-order valence-corrected chi connectivity index (χ4v) is 5.72. The van der Waals surface area contributed by atoms with Crippen molar-refractivity contribution in [2.45, 2.75) is 6.10 Å². The van der Waals surface area contributed by atoms with Crippen molar-refractivity contribution in [1.82, 2.24) is 0 Å². The van der Waals surface area contributed by atoms with E-state index in [1.807, 2.05) is 72.8 Å². The third kappa shape index (κ3) is 6.24. The van der Waals surface area contributed by atoms with Crippen LogP contribution in [0.2, 0.25) is 0 Å². The lowest BCUT2D eigenvalue weighted by molar-refractivity contribution is -0.144. The first-order chi connectivity index (χ1) is 23.1. The molecule has 0 unspecified atom stereocenters. The lowest BCUT2D eigenvalue weighted by Gasteiger charge is -2.18. The largest absolute Gasteiger partial charge is 0.489 e. The first-order valence-corrected chi connectivity index (χ1v) is 15.2. The van der Waals surface area contributed by atoms with Crippen LogP contribution in [-0.2, 0) is 14.3 Å². The van der Waals surface area contributed by atoms with E-state index in [1.165, 1.54) is 0 Å². The summed E-state index contributed by atoms with van der Waals surface area (Å²) in [6, 6.07) is 39.0. The molecule has 1 aliphatic heterocycles. The Balaban J connectivity index is 1.10. The second-order valence-electron chi connectivity index (χ2n) is 11.0. The highest BCUT2D eigenvalue weighted by molar-refractivity contribution is 6.09. The molecule has 0 aromatic heterocycles. The van der Waals surface area contributed by atoms with E-state index in [9.17, 15) is 9.59 Å². The van der Waals surface area contributed by atoms with E-state index in [1.54, 1.807) is 24.3 Å². The van der Waals surface area contributed by atoms with Gasteiger partial charge in [0, 0.05) is 17.2 Å². The van der Waals surface area contributed by atoms with Gasteiger partial charge < -0.3 is 23.7 Å². The van der Waals surface area contributed by atoms with Crippen LogP contribution in [0.1, 0.15) is 10.4 Å². The van der Waals surface area contributed by atoms with Gasteiger partial charge in [0.25, 0.3) is 0 Å². The number of carbonyl (C=O) groups excluding carboxylic acids is 2. The van der Waals surface area contributed by atoms with Crippen LogP contribution in [0.25, 0.3) is 43.8 Å². The Kier molecular flexibility index (Phi) is 8.26. The van der Waals surface area contributed by atoms with Gasteiger partial charge in [0.15, 0.2) is 6.10 Å². The first-order valence-electron chi connectivity index (χ1n) is 15.2. The molecule has 6 aromatic carbocycles. The van der Waals surface area contributed by atoms with E-state index in [0.29, 0.717) is 22.8 Å². The van der Waals surface area contributed by atoms with Crippen LogP contribution in [0.15, 0.2) is 134 Å². The van der Waals surface area contributed by atoms with Crippen LogP contribution in [-0.4, -0.2) is 38.0 Å². The minimum Gasteiger partial charge on any atom is -0.489 e. The maximum Gasteiger partial charge on any atom is 0.338 e. The van der Waals surface area contributed by atoms with Crippen LogP contribution in [0, 0.1) is 0 Å². The Morgan fingerprint density at radius 1 is 0.681 bits per heavy atom. The number of fused-ring (bicyclic) bond motifs is 7. The highest BCUT2D eigenvalue weighted by Gasteiger charge is 2.25. The van der Waals surface area contributed by atoms with Crippen molar-refractivity contribution in [1.29, 1.82) is 0 Å². The van der Waals surface area contributed by atoms with Crippen molar-refractivity contribution in [2.75, 3.05) is 20.0 Å². The van der Waals surface area contributed by atoms with Crippen molar-refractivity contribution in [3.63, 3.8) is 0 Å². The Bertz CT molecular complexity index is 2010. The molecule has 0 spiro atoms. The zero-order chi connectivity index (χ0) is 32.2. The second kappa shape index (κ2) is 13.1. The summed E-state index contributed by atoms with van der Waals surface area (Å²) in [6.45, 7) is 3.40. The Morgan fingerprint density at radius 2 is 1.21 bits per heavy atom. The summed E-state index contributed by atoms with van der Waals surface area (Å²) in [5, 5.41) is 4.29. The lowest BCUT2D eigenvalue weighted by atomic mass is 9.92. The summed E-state index contributed by atoms with van der Waals surface area (Å²) >= 11 is 0. The predicted octanol–water partition coefficient (Wildman–Crippen LogP) is 8.39. The summed E-state index contributed by atoms with van der Waals surface area (Å²) in [5.41, 5.74) is 4.15. The number of carbonyl (C=O) groups is 2. The summed E-state index contributed by atoms with van der Waals surface area (Å²) in [4.78, 5) is 24.5. The molecule has 232 valence electrons. The summed E-state index contributed by atoms with van der Waals surface area (Å²) in [6.07, 6.45) is 0.422. The van der Waals surface area contributed by atoms with Gasteiger partial charge in [0.1, 0.15) is 30.5 Å². The Morgan fingerprint density at radius 3 is 1.77 bits per heavy atom. The van der Waals surface area contributed by atoms with Gasteiger partial charge in [-0.3, -0.25) is 0 Å². The zero-order valence-electron chi connectivity index (χ0n) is 25.4. The number of hydrogen-bond acceptors (Lipinski definition) is 7. The molecule has 7 nitrogen and oxygen atoms in total. The van der Waals surface area contributed by atoms with Gasteiger partial charge in [-0.05, 0) is 69.1 Å². The number of ether oxygens (including phenoxy) is 5. The fraction of sp³-hybridized carbons (Fsp3) is 0.100. The quantitative estimate of drug-likeness (QED) is 0.101. The van der Waals surface area contributed by atoms with Crippen LogP contribution >= 0.6 is 0 Å². The monoisotopic (exact) mass is 622 g/mol. The van der Waals surface area contributed by atoms with Gasteiger partial charge in [0.2, 0.25) is 6.79 Å². The molecule has 0 saturated carbocycles. The predicted molar refractivity (Wildman–Crippen MR) is 181 cm³/mol. The normalized spacial score (nSPS) is 12.7. The molecule has 0 saturated heterocycles. The van der Waals surface area contributed by atoms with Crippen LogP contribution in [0.4, 0.5) is 0 Å². The second-order valence-corrected chi connectivity index (χ2v) is 11.0. The van der Waals surface area contributed by atoms with Gasteiger partial charge in [-0.2, -0.15) is 0 Å². The molecule has 6 aromatic rings. The number of benzene rings is 6. The van der Waals surface area contributed by atoms with E-state index in [0.717, 1.165) is 49.9 Å². The van der Waals surface area contributed by atoms with Crippen LogP contribution < -0.4 is 14.2 Å². The minimum absolute atomic E-state index is 0.127. The van der Waals surface area contributed by atoms with Gasteiger partial charge >= 0.3 is 11.9 Å². The third-order valence-electron chi connectivity index (χ3n) is 8.06.